The zero-order valence-corrected chi connectivity index (χ0v) is 23.3. The minimum atomic E-state index is -1.34. The average Bonchev–Trinajstić information content (AvgIpc) is 3.55. The molecule has 1 saturated heterocycles. The number of nitrogens with one attached hydrogen (secondary N) is 5. The number of methoxy groups -OCH3 is 1. The smallest absolute Gasteiger partial charge is 0.408 e. The number of hydrogen-bond acceptors (Lipinski definition) is 7. The van der Waals surface area contributed by atoms with Crippen molar-refractivity contribution in [3.8, 4) is 11.8 Å². The molecule has 1 fully saturated rings. The summed E-state index contributed by atoms with van der Waals surface area (Å²) in [5, 5.41) is 21.4. The second-order valence-electron chi connectivity index (χ2n) is 10.3. The molecule has 4 atom stereocenters. The van der Waals surface area contributed by atoms with Gasteiger partial charge in [-0.25, -0.2) is 4.79 Å². The van der Waals surface area contributed by atoms with Gasteiger partial charge in [0, 0.05) is 29.9 Å². The van der Waals surface area contributed by atoms with Crippen LogP contribution in [0.25, 0.3) is 10.9 Å². The predicted octanol–water partition coefficient (Wildman–Crippen LogP) is 2.36. The Morgan fingerprint density at radius 2 is 2.00 bits per heavy atom. The van der Waals surface area contributed by atoms with Crippen molar-refractivity contribution >= 4 is 34.7 Å². The highest BCUT2D eigenvalue weighted by molar-refractivity contribution is 6.01. The van der Waals surface area contributed by atoms with Gasteiger partial charge in [-0.15, -0.1) is 0 Å². The SMILES string of the molecule is CCCNC(=O)OC(C#N)C(CC1CCNC1=O)NC(=O)C(CC(C)C)NC(=O)c1cc2c(OC)cccc2[nH]1. The molecule has 1 aliphatic heterocycles. The van der Waals surface area contributed by atoms with E-state index < -0.39 is 42.0 Å². The number of ether oxygens (including phenoxy) is 2. The second-order valence-corrected chi connectivity index (χ2v) is 10.3. The van der Waals surface area contributed by atoms with Crippen molar-refractivity contribution in [3.63, 3.8) is 0 Å². The number of fused-ring (bicyclic) bond motifs is 1. The van der Waals surface area contributed by atoms with Gasteiger partial charge in [0.15, 0.2) is 0 Å². The highest BCUT2D eigenvalue weighted by Crippen LogP contribution is 2.26. The Morgan fingerprint density at radius 1 is 1.23 bits per heavy atom. The highest BCUT2D eigenvalue weighted by atomic mass is 16.6. The van der Waals surface area contributed by atoms with Crippen molar-refractivity contribution in [1.29, 1.82) is 5.26 Å². The molecule has 40 heavy (non-hydrogen) atoms. The number of hydrogen-bond donors (Lipinski definition) is 5. The van der Waals surface area contributed by atoms with Gasteiger partial charge in [-0.1, -0.05) is 26.8 Å². The molecule has 12 nitrogen and oxygen atoms in total. The van der Waals surface area contributed by atoms with Gasteiger partial charge in [0.1, 0.15) is 23.6 Å². The molecule has 4 amide bonds. The molecule has 1 aromatic carbocycles. The third-order valence-corrected chi connectivity index (χ3v) is 6.69. The normalized spacial score (nSPS) is 16.9. The van der Waals surface area contributed by atoms with Crippen molar-refractivity contribution in [2.24, 2.45) is 11.8 Å². The van der Waals surface area contributed by atoms with E-state index in [-0.39, 0.29) is 23.9 Å². The van der Waals surface area contributed by atoms with Crippen LogP contribution in [0.1, 0.15) is 56.9 Å². The van der Waals surface area contributed by atoms with Gasteiger partial charge in [0.05, 0.1) is 13.2 Å². The zero-order chi connectivity index (χ0) is 29.2. The molecular formula is C28H38N6O6. The number of amides is 4. The molecule has 216 valence electrons. The molecule has 1 aliphatic rings. The lowest BCUT2D eigenvalue weighted by Gasteiger charge is -2.28. The number of nitriles is 1. The van der Waals surface area contributed by atoms with E-state index >= 15 is 0 Å². The third kappa shape index (κ3) is 7.88. The Morgan fingerprint density at radius 3 is 2.62 bits per heavy atom. The second kappa shape index (κ2) is 14.2. The molecule has 2 aromatic rings. The van der Waals surface area contributed by atoms with Crippen LogP contribution in [0.2, 0.25) is 0 Å². The van der Waals surface area contributed by atoms with Crippen LogP contribution in [0.5, 0.6) is 5.75 Å². The lowest BCUT2D eigenvalue weighted by Crippen LogP contribution is -2.54. The molecular weight excluding hydrogens is 516 g/mol. The van der Waals surface area contributed by atoms with Crippen molar-refractivity contribution in [2.75, 3.05) is 20.2 Å². The van der Waals surface area contributed by atoms with E-state index in [4.69, 9.17) is 9.47 Å². The van der Waals surface area contributed by atoms with Gasteiger partial charge in [0.25, 0.3) is 5.91 Å². The van der Waals surface area contributed by atoms with E-state index in [1.165, 1.54) is 0 Å². The minimum absolute atomic E-state index is 0.0424. The van der Waals surface area contributed by atoms with Gasteiger partial charge in [-0.3, -0.25) is 14.4 Å². The Balaban J connectivity index is 1.80. The van der Waals surface area contributed by atoms with Gasteiger partial charge in [-0.05, 0) is 49.8 Å². The molecule has 0 radical (unpaired) electrons. The van der Waals surface area contributed by atoms with Crippen LogP contribution in [-0.2, 0) is 14.3 Å². The summed E-state index contributed by atoms with van der Waals surface area (Å²) in [6.45, 7) is 6.56. The summed E-state index contributed by atoms with van der Waals surface area (Å²) in [6, 6.07) is 7.08. The maximum atomic E-state index is 13.5. The Labute approximate surface area is 233 Å². The summed E-state index contributed by atoms with van der Waals surface area (Å²) in [5.41, 5.74) is 0.964. The Hall–Kier alpha value is -4.27. The van der Waals surface area contributed by atoms with Crippen LogP contribution in [-0.4, -0.2) is 67.2 Å². The van der Waals surface area contributed by atoms with Crippen LogP contribution < -0.4 is 26.0 Å². The van der Waals surface area contributed by atoms with Crippen molar-refractivity contribution in [2.45, 2.75) is 64.6 Å². The minimum Gasteiger partial charge on any atom is -0.496 e. The first-order valence-corrected chi connectivity index (χ1v) is 13.6. The molecule has 0 spiro atoms. The van der Waals surface area contributed by atoms with Crippen LogP contribution in [0, 0.1) is 23.2 Å². The van der Waals surface area contributed by atoms with Crippen LogP contribution >= 0.6 is 0 Å². The number of carbonyl (C=O) groups excluding carboxylic acids is 4. The highest BCUT2D eigenvalue weighted by Gasteiger charge is 2.36. The summed E-state index contributed by atoms with van der Waals surface area (Å²) < 4.78 is 10.7. The number of benzene rings is 1. The van der Waals surface area contributed by atoms with Gasteiger partial charge >= 0.3 is 6.09 Å². The molecule has 0 saturated carbocycles. The largest absolute Gasteiger partial charge is 0.496 e. The quantitative estimate of drug-likeness (QED) is 0.253. The summed E-state index contributed by atoms with van der Waals surface area (Å²) >= 11 is 0. The average molecular weight is 555 g/mol. The summed E-state index contributed by atoms with van der Waals surface area (Å²) in [6.07, 6.45) is -0.514. The molecule has 1 aromatic heterocycles. The maximum Gasteiger partial charge on any atom is 0.408 e. The lowest BCUT2D eigenvalue weighted by atomic mass is 9.94. The number of H-pyrrole nitrogens is 1. The van der Waals surface area contributed by atoms with Crippen LogP contribution in [0.15, 0.2) is 24.3 Å². The van der Waals surface area contributed by atoms with Gasteiger partial charge < -0.3 is 35.7 Å². The molecule has 0 aliphatic carbocycles. The summed E-state index contributed by atoms with van der Waals surface area (Å²) in [4.78, 5) is 54.3. The third-order valence-electron chi connectivity index (χ3n) is 6.69. The molecule has 5 N–H and O–H groups in total. The molecule has 3 rings (SSSR count). The standard InChI is InChI=1S/C28H38N6O6/c1-5-10-31-28(38)40-24(15-29)20(13-17-9-11-30-25(17)35)33-26(36)21(12-16(2)3)34-27(37)22-14-18-19(32-22)7-6-8-23(18)39-4/h6-8,14,16-17,20-21,24,32H,5,9-13H2,1-4H3,(H,30,35)(H,31,38)(H,33,36)(H,34,37). The maximum absolute atomic E-state index is 13.5. The van der Waals surface area contributed by atoms with Crippen LogP contribution in [0.4, 0.5) is 4.79 Å². The van der Waals surface area contributed by atoms with E-state index in [0.717, 1.165) is 5.39 Å². The zero-order valence-electron chi connectivity index (χ0n) is 23.3. The molecule has 4 unspecified atom stereocenters. The number of carbonyl (C=O) groups is 4. The first kappa shape index (κ1) is 30.3. The number of aromatic nitrogens is 1. The number of nitrogens with zero attached hydrogens (tertiary/aromatic N) is 1. The van der Waals surface area contributed by atoms with Crippen LogP contribution in [0.3, 0.4) is 0 Å². The fourth-order valence-corrected chi connectivity index (χ4v) is 4.67. The first-order valence-electron chi connectivity index (χ1n) is 13.6. The van der Waals surface area contributed by atoms with Gasteiger partial charge in [0.2, 0.25) is 17.9 Å². The van der Waals surface area contributed by atoms with E-state index in [1.54, 1.807) is 25.3 Å². The summed E-state index contributed by atoms with van der Waals surface area (Å²) in [5.74, 6) is -1.03. The summed E-state index contributed by atoms with van der Waals surface area (Å²) in [7, 11) is 1.54. The van der Waals surface area contributed by atoms with Crippen molar-refractivity contribution in [1.82, 2.24) is 26.3 Å². The first-order chi connectivity index (χ1) is 19.2. The van der Waals surface area contributed by atoms with Gasteiger partial charge in [-0.2, -0.15) is 5.26 Å². The number of rotatable bonds is 13. The van der Waals surface area contributed by atoms with E-state index in [1.807, 2.05) is 32.9 Å². The Kier molecular flexibility index (Phi) is 10.8. The van der Waals surface area contributed by atoms with Crippen molar-refractivity contribution in [3.05, 3.63) is 30.0 Å². The topological polar surface area (TPSA) is 174 Å². The van der Waals surface area contributed by atoms with E-state index in [0.29, 0.717) is 43.6 Å². The monoisotopic (exact) mass is 554 g/mol. The molecule has 2 heterocycles. The van der Waals surface area contributed by atoms with Crippen molar-refractivity contribution < 1.29 is 28.7 Å². The van der Waals surface area contributed by atoms with E-state index in [2.05, 4.69) is 26.3 Å². The fourth-order valence-electron chi connectivity index (χ4n) is 4.67. The number of aromatic amines is 1. The predicted molar refractivity (Wildman–Crippen MR) is 147 cm³/mol. The Bertz CT molecular complexity index is 1250. The fraction of sp³-hybridized carbons (Fsp3) is 0.536. The lowest BCUT2D eigenvalue weighted by molar-refractivity contribution is -0.126. The molecule has 12 heteroatoms. The van der Waals surface area contributed by atoms with E-state index in [9.17, 15) is 24.4 Å². The number of alkyl carbamates (subject to hydrolysis) is 1. The molecule has 0 bridgehead atoms.